The minimum Gasteiger partial charge on any atom is -0.353 e. The van der Waals surface area contributed by atoms with Crippen LogP contribution in [0, 0.1) is 11.7 Å². The molecule has 2 atom stereocenters. The molecule has 26 heavy (non-hydrogen) atoms. The maximum absolute atomic E-state index is 13.9. The zero-order chi connectivity index (χ0) is 17.9. The average molecular weight is 353 g/mol. The third-order valence-corrected chi connectivity index (χ3v) is 5.48. The number of amides is 1. The molecule has 0 radical (unpaired) electrons. The van der Waals surface area contributed by atoms with Crippen LogP contribution >= 0.6 is 0 Å². The van der Waals surface area contributed by atoms with Gasteiger partial charge in [-0.25, -0.2) is 4.39 Å². The number of carbonyl (C=O) groups is 1. The van der Waals surface area contributed by atoms with Gasteiger partial charge in [-0.1, -0.05) is 24.3 Å². The molecule has 4 nitrogen and oxygen atoms in total. The van der Waals surface area contributed by atoms with Crippen LogP contribution in [-0.2, 0) is 11.3 Å². The van der Waals surface area contributed by atoms with Crippen molar-refractivity contribution in [2.75, 3.05) is 13.1 Å². The summed E-state index contributed by atoms with van der Waals surface area (Å²) in [6.07, 6.45) is 4.49. The van der Waals surface area contributed by atoms with E-state index in [2.05, 4.69) is 15.2 Å². The predicted molar refractivity (Wildman–Crippen MR) is 97.9 cm³/mol. The number of pyridine rings is 1. The monoisotopic (exact) mass is 353 g/mol. The number of likely N-dealkylation sites (tertiary alicyclic amines) is 1. The van der Waals surface area contributed by atoms with E-state index in [0.717, 1.165) is 44.6 Å². The van der Waals surface area contributed by atoms with Crippen molar-refractivity contribution < 1.29 is 9.18 Å². The number of hydrogen-bond acceptors (Lipinski definition) is 3. The summed E-state index contributed by atoms with van der Waals surface area (Å²) in [7, 11) is 0. The van der Waals surface area contributed by atoms with Crippen molar-refractivity contribution in [1.29, 1.82) is 0 Å². The van der Waals surface area contributed by atoms with Gasteiger partial charge in [-0.2, -0.15) is 0 Å². The molecule has 2 unspecified atom stereocenters. The van der Waals surface area contributed by atoms with E-state index in [1.165, 1.54) is 6.07 Å². The Bertz CT molecular complexity index is 759. The van der Waals surface area contributed by atoms with Crippen LogP contribution in [0.1, 0.15) is 36.4 Å². The van der Waals surface area contributed by atoms with Crippen molar-refractivity contribution in [3.05, 3.63) is 65.7 Å². The number of halogens is 1. The number of rotatable bonds is 5. The second-order valence-corrected chi connectivity index (χ2v) is 7.35. The van der Waals surface area contributed by atoms with E-state index >= 15 is 0 Å². The van der Waals surface area contributed by atoms with Gasteiger partial charge < -0.3 is 5.32 Å². The second-order valence-electron chi connectivity index (χ2n) is 7.35. The van der Waals surface area contributed by atoms with E-state index in [1.54, 1.807) is 12.1 Å². The predicted octanol–water partition coefficient (Wildman–Crippen LogP) is 3.11. The van der Waals surface area contributed by atoms with Crippen LogP contribution in [0.5, 0.6) is 0 Å². The van der Waals surface area contributed by atoms with Crippen molar-refractivity contribution in [3.63, 3.8) is 0 Å². The summed E-state index contributed by atoms with van der Waals surface area (Å²) < 4.78 is 13.9. The molecule has 1 aromatic heterocycles. The van der Waals surface area contributed by atoms with Gasteiger partial charge in [0.1, 0.15) is 5.82 Å². The Morgan fingerprint density at radius 1 is 1.15 bits per heavy atom. The number of nitrogens with one attached hydrogen (secondary N) is 1. The number of nitrogens with zero attached hydrogens (tertiary/aromatic N) is 2. The normalized spacial score (nSPS) is 23.6. The van der Waals surface area contributed by atoms with Crippen LogP contribution in [0.4, 0.5) is 4.39 Å². The van der Waals surface area contributed by atoms with Gasteiger partial charge in [0.15, 0.2) is 0 Å². The zero-order valence-corrected chi connectivity index (χ0v) is 14.8. The van der Waals surface area contributed by atoms with E-state index in [-0.39, 0.29) is 29.6 Å². The van der Waals surface area contributed by atoms with Gasteiger partial charge in [-0.05, 0) is 48.9 Å². The lowest BCUT2D eigenvalue weighted by Crippen LogP contribution is -2.45. The Kier molecular flexibility index (Phi) is 4.98. The van der Waals surface area contributed by atoms with Gasteiger partial charge in [0, 0.05) is 37.8 Å². The van der Waals surface area contributed by atoms with Crippen LogP contribution in [0.2, 0.25) is 0 Å². The highest BCUT2D eigenvalue weighted by Crippen LogP contribution is 2.48. The molecule has 1 saturated carbocycles. The van der Waals surface area contributed by atoms with Gasteiger partial charge >= 0.3 is 0 Å². The molecule has 1 aliphatic heterocycles. The Labute approximate surface area is 153 Å². The van der Waals surface area contributed by atoms with Crippen LogP contribution in [0.3, 0.4) is 0 Å². The summed E-state index contributed by atoms with van der Waals surface area (Å²) in [4.78, 5) is 19.2. The molecule has 1 aromatic carbocycles. The van der Waals surface area contributed by atoms with Crippen LogP contribution in [0.25, 0.3) is 0 Å². The van der Waals surface area contributed by atoms with Crippen molar-refractivity contribution in [1.82, 2.24) is 15.2 Å². The maximum atomic E-state index is 13.9. The molecule has 1 saturated heterocycles. The first kappa shape index (κ1) is 17.2. The molecule has 1 amide bonds. The topological polar surface area (TPSA) is 45.2 Å². The number of carbonyl (C=O) groups excluding carboxylic acids is 1. The average Bonchev–Trinajstić information content (AvgIpc) is 3.45. The zero-order valence-electron chi connectivity index (χ0n) is 14.8. The van der Waals surface area contributed by atoms with Gasteiger partial charge in [0.2, 0.25) is 5.91 Å². The minimum atomic E-state index is -0.198. The lowest BCUT2D eigenvalue weighted by molar-refractivity contribution is -0.123. The fraction of sp³-hybridized carbons (Fsp3) is 0.429. The van der Waals surface area contributed by atoms with Crippen molar-refractivity contribution in [2.45, 2.75) is 37.8 Å². The lowest BCUT2D eigenvalue weighted by Gasteiger charge is -2.32. The Hall–Kier alpha value is -2.27. The fourth-order valence-corrected chi connectivity index (χ4v) is 3.87. The molecule has 2 heterocycles. The molecule has 4 rings (SSSR count). The van der Waals surface area contributed by atoms with E-state index in [9.17, 15) is 9.18 Å². The van der Waals surface area contributed by atoms with Gasteiger partial charge in [-0.3, -0.25) is 14.7 Å². The van der Waals surface area contributed by atoms with Crippen LogP contribution in [-0.4, -0.2) is 34.9 Å². The summed E-state index contributed by atoms with van der Waals surface area (Å²) in [5.74, 6) is -0.143. The highest BCUT2D eigenvalue weighted by molar-refractivity contribution is 5.83. The molecule has 0 bridgehead atoms. The first-order chi connectivity index (χ1) is 12.7. The molecular formula is C21H24FN3O. The number of benzene rings is 1. The quantitative estimate of drug-likeness (QED) is 0.898. The summed E-state index contributed by atoms with van der Waals surface area (Å²) in [5, 5.41) is 3.18. The van der Waals surface area contributed by atoms with E-state index in [4.69, 9.17) is 0 Å². The largest absolute Gasteiger partial charge is 0.353 e. The highest BCUT2D eigenvalue weighted by atomic mass is 19.1. The highest BCUT2D eigenvalue weighted by Gasteiger charge is 2.45. The Morgan fingerprint density at radius 3 is 2.65 bits per heavy atom. The smallest absolute Gasteiger partial charge is 0.223 e. The molecule has 136 valence electrons. The molecule has 1 N–H and O–H groups in total. The standard InChI is InChI=1S/C21H24FN3O/c22-20-7-2-1-6-17(20)18-13-19(18)21(26)24-15-8-11-25(12-9-15)14-16-5-3-4-10-23-16/h1-7,10,15,18-19H,8-9,11-14H2,(H,24,26). The number of aromatic nitrogens is 1. The fourth-order valence-electron chi connectivity index (χ4n) is 3.87. The van der Waals surface area contributed by atoms with E-state index in [0.29, 0.717) is 5.56 Å². The van der Waals surface area contributed by atoms with Crippen LogP contribution < -0.4 is 5.32 Å². The van der Waals surface area contributed by atoms with E-state index < -0.39 is 0 Å². The first-order valence-electron chi connectivity index (χ1n) is 9.38. The number of hydrogen-bond donors (Lipinski definition) is 1. The molecule has 1 aliphatic carbocycles. The maximum Gasteiger partial charge on any atom is 0.223 e. The summed E-state index contributed by atoms with van der Waals surface area (Å²) in [6, 6.07) is 13.0. The summed E-state index contributed by atoms with van der Waals surface area (Å²) in [5.41, 5.74) is 1.76. The first-order valence-corrected chi connectivity index (χ1v) is 9.38. The van der Waals surface area contributed by atoms with Gasteiger partial charge in [-0.15, -0.1) is 0 Å². The lowest BCUT2D eigenvalue weighted by atomic mass is 10.0. The second kappa shape index (κ2) is 7.54. The van der Waals surface area contributed by atoms with Crippen molar-refractivity contribution >= 4 is 5.91 Å². The third kappa shape index (κ3) is 3.93. The summed E-state index contributed by atoms with van der Waals surface area (Å²) in [6.45, 7) is 2.78. The van der Waals surface area contributed by atoms with Gasteiger partial charge in [0.25, 0.3) is 0 Å². The van der Waals surface area contributed by atoms with Gasteiger partial charge in [0.05, 0.1) is 5.69 Å². The molecular weight excluding hydrogens is 329 g/mol. The Balaban J connectivity index is 1.24. The molecule has 0 spiro atoms. The van der Waals surface area contributed by atoms with Crippen LogP contribution in [0.15, 0.2) is 48.7 Å². The number of piperidine rings is 1. The molecule has 2 fully saturated rings. The van der Waals surface area contributed by atoms with E-state index in [1.807, 2.05) is 30.5 Å². The molecule has 2 aliphatic rings. The van der Waals surface area contributed by atoms with Crippen molar-refractivity contribution in [3.8, 4) is 0 Å². The third-order valence-electron chi connectivity index (χ3n) is 5.48. The summed E-state index contributed by atoms with van der Waals surface area (Å²) >= 11 is 0. The molecule has 5 heteroatoms. The Morgan fingerprint density at radius 2 is 1.92 bits per heavy atom. The van der Waals surface area contributed by atoms with Crippen molar-refractivity contribution in [2.24, 2.45) is 5.92 Å². The molecule has 2 aromatic rings. The SMILES string of the molecule is O=C(NC1CCN(Cc2ccccn2)CC1)C1CC1c1ccccc1F. The minimum absolute atomic E-state index is 0.0421.